The summed E-state index contributed by atoms with van der Waals surface area (Å²) in [4.78, 5) is 37.7. The van der Waals surface area contributed by atoms with Gasteiger partial charge in [0, 0.05) is 17.8 Å². The van der Waals surface area contributed by atoms with Crippen LogP contribution in [0.15, 0.2) is 42.5 Å². The monoisotopic (exact) mass is 398 g/mol. The standard InChI is InChI=1S/C21H22N2O6/c1-4-28-19-10-9-16(12-18(19)23(26)27)21(25)29-14(3)20(24)22-13(2)11-15-7-5-6-8-17(15)22/h5-10,12-14H,4,11H2,1-3H3/t13-,14+/m1/s1. The van der Waals surface area contributed by atoms with Gasteiger partial charge in [-0.15, -0.1) is 0 Å². The molecular formula is C21H22N2O6. The Balaban J connectivity index is 1.76. The van der Waals surface area contributed by atoms with Crippen LogP contribution in [-0.2, 0) is 16.0 Å². The molecule has 0 radical (unpaired) electrons. The molecule has 1 heterocycles. The molecule has 0 saturated carbocycles. The Labute approximate surface area is 168 Å². The van der Waals surface area contributed by atoms with E-state index in [-0.39, 0.29) is 35.6 Å². The molecule has 0 spiro atoms. The summed E-state index contributed by atoms with van der Waals surface area (Å²) >= 11 is 0. The van der Waals surface area contributed by atoms with Crippen molar-refractivity contribution in [3.05, 3.63) is 63.7 Å². The van der Waals surface area contributed by atoms with Gasteiger partial charge in [0.15, 0.2) is 11.9 Å². The number of fused-ring (bicyclic) bond motifs is 1. The first kappa shape index (κ1) is 20.3. The van der Waals surface area contributed by atoms with Crippen molar-refractivity contribution in [2.45, 2.75) is 39.3 Å². The first-order chi connectivity index (χ1) is 13.8. The maximum atomic E-state index is 12.9. The van der Waals surface area contributed by atoms with E-state index in [9.17, 15) is 19.7 Å². The number of carbonyl (C=O) groups excluding carboxylic acids is 2. The second kappa shape index (κ2) is 8.30. The molecule has 8 heteroatoms. The molecule has 8 nitrogen and oxygen atoms in total. The third kappa shape index (κ3) is 4.06. The van der Waals surface area contributed by atoms with Crippen molar-refractivity contribution in [1.29, 1.82) is 0 Å². The third-order valence-corrected chi connectivity index (χ3v) is 4.77. The van der Waals surface area contributed by atoms with E-state index in [1.807, 2.05) is 31.2 Å². The number of benzene rings is 2. The highest BCUT2D eigenvalue weighted by atomic mass is 16.6. The Kier molecular flexibility index (Phi) is 5.81. The van der Waals surface area contributed by atoms with Crippen LogP contribution in [0.4, 0.5) is 11.4 Å². The molecule has 0 N–H and O–H groups in total. The second-order valence-corrected chi connectivity index (χ2v) is 6.81. The number of hydrogen-bond donors (Lipinski definition) is 0. The topological polar surface area (TPSA) is 99.0 Å². The first-order valence-corrected chi connectivity index (χ1v) is 9.36. The van der Waals surface area contributed by atoms with Crippen LogP contribution in [-0.4, -0.2) is 35.6 Å². The lowest BCUT2D eigenvalue weighted by molar-refractivity contribution is -0.385. The van der Waals surface area contributed by atoms with Gasteiger partial charge in [-0.3, -0.25) is 14.9 Å². The molecular weight excluding hydrogens is 376 g/mol. The molecule has 29 heavy (non-hydrogen) atoms. The van der Waals surface area contributed by atoms with Crippen molar-refractivity contribution in [2.75, 3.05) is 11.5 Å². The van der Waals surface area contributed by atoms with Gasteiger partial charge in [-0.05, 0) is 51.0 Å². The van der Waals surface area contributed by atoms with Crippen molar-refractivity contribution in [3.63, 3.8) is 0 Å². The zero-order chi connectivity index (χ0) is 21.1. The van der Waals surface area contributed by atoms with E-state index in [2.05, 4.69) is 0 Å². The molecule has 2 atom stereocenters. The lowest BCUT2D eigenvalue weighted by Crippen LogP contribution is -2.43. The molecule has 0 aliphatic carbocycles. The highest BCUT2D eigenvalue weighted by Gasteiger charge is 2.34. The fraction of sp³-hybridized carbons (Fsp3) is 0.333. The number of nitro benzene ring substituents is 1. The summed E-state index contributed by atoms with van der Waals surface area (Å²) in [6, 6.07) is 11.4. The van der Waals surface area contributed by atoms with E-state index in [0.29, 0.717) is 0 Å². The van der Waals surface area contributed by atoms with Crippen molar-refractivity contribution in [3.8, 4) is 5.75 Å². The molecule has 2 aromatic carbocycles. The van der Waals surface area contributed by atoms with Gasteiger partial charge >= 0.3 is 11.7 Å². The number of carbonyl (C=O) groups is 2. The third-order valence-electron chi connectivity index (χ3n) is 4.77. The minimum atomic E-state index is -1.04. The van der Waals surface area contributed by atoms with E-state index >= 15 is 0 Å². The van der Waals surface area contributed by atoms with E-state index in [0.717, 1.165) is 23.7 Å². The predicted octanol–water partition coefficient (Wildman–Crippen LogP) is 3.52. The van der Waals surface area contributed by atoms with Crippen LogP contribution in [0.2, 0.25) is 0 Å². The molecule has 0 saturated heterocycles. The predicted molar refractivity (Wildman–Crippen MR) is 106 cm³/mol. The summed E-state index contributed by atoms with van der Waals surface area (Å²) in [5.74, 6) is -1.07. The normalized spacial score (nSPS) is 16.1. The number of esters is 1. The highest BCUT2D eigenvalue weighted by Crippen LogP contribution is 2.33. The zero-order valence-corrected chi connectivity index (χ0v) is 16.5. The van der Waals surface area contributed by atoms with Gasteiger partial charge < -0.3 is 14.4 Å². The van der Waals surface area contributed by atoms with Gasteiger partial charge in [0.25, 0.3) is 5.91 Å². The number of para-hydroxylation sites is 1. The Bertz CT molecular complexity index is 958. The maximum Gasteiger partial charge on any atom is 0.339 e. The molecule has 1 aliphatic rings. The van der Waals surface area contributed by atoms with Crippen molar-refractivity contribution < 1.29 is 24.0 Å². The minimum Gasteiger partial charge on any atom is -0.487 e. The Morgan fingerprint density at radius 2 is 2.00 bits per heavy atom. The Morgan fingerprint density at radius 3 is 2.69 bits per heavy atom. The summed E-state index contributed by atoms with van der Waals surface area (Å²) in [7, 11) is 0. The number of nitrogens with zero attached hydrogens (tertiary/aromatic N) is 2. The van der Waals surface area contributed by atoms with Crippen molar-refractivity contribution >= 4 is 23.3 Å². The van der Waals surface area contributed by atoms with Gasteiger partial charge in [-0.25, -0.2) is 4.79 Å². The summed E-state index contributed by atoms with van der Waals surface area (Å²) in [6.07, 6.45) is -0.310. The number of hydrogen-bond acceptors (Lipinski definition) is 6. The van der Waals surface area contributed by atoms with Gasteiger partial charge in [0.1, 0.15) is 0 Å². The Morgan fingerprint density at radius 1 is 1.28 bits per heavy atom. The molecule has 3 rings (SSSR count). The minimum absolute atomic E-state index is 0.0188. The molecule has 1 amide bonds. The van der Waals surface area contributed by atoms with Gasteiger partial charge in [-0.1, -0.05) is 18.2 Å². The van der Waals surface area contributed by atoms with Crippen LogP contribution in [0, 0.1) is 10.1 Å². The Hall–Kier alpha value is -3.42. The molecule has 0 bridgehead atoms. The fourth-order valence-electron chi connectivity index (χ4n) is 3.44. The largest absolute Gasteiger partial charge is 0.487 e. The number of ether oxygens (including phenoxy) is 2. The van der Waals surface area contributed by atoms with Crippen LogP contribution < -0.4 is 9.64 Å². The molecule has 2 aromatic rings. The number of amides is 1. The zero-order valence-electron chi connectivity index (χ0n) is 16.5. The number of anilines is 1. The van der Waals surface area contributed by atoms with Crippen LogP contribution >= 0.6 is 0 Å². The van der Waals surface area contributed by atoms with Crippen molar-refractivity contribution in [2.24, 2.45) is 0 Å². The quantitative estimate of drug-likeness (QED) is 0.419. The van der Waals surface area contributed by atoms with Gasteiger partial charge in [0.05, 0.1) is 17.1 Å². The molecule has 0 unspecified atom stereocenters. The molecule has 0 fully saturated rings. The average Bonchev–Trinajstić information content (AvgIpc) is 3.03. The number of nitro groups is 1. The summed E-state index contributed by atoms with van der Waals surface area (Å²) in [6.45, 7) is 5.39. The lowest BCUT2D eigenvalue weighted by atomic mass is 10.1. The van der Waals surface area contributed by atoms with Crippen LogP contribution in [0.3, 0.4) is 0 Å². The van der Waals surface area contributed by atoms with Crippen LogP contribution in [0.1, 0.15) is 36.7 Å². The second-order valence-electron chi connectivity index (χ2n) is 6.81. The average molecular weight is 398 g/mol. The highest BCUT2D eigenvalue weighted by molar-refractivity contribution is 6.01. The number of rotatable bonds is 6. The SMILES string of the molecule is CCOc1ccc(C(=O)O[C@@H](C)C(=O)N2c3ccccc3C[C@H]2C)cc1[N+](=O)[O-]. The lowest BCUT2D eigenvalue weighted by Gasteiger charge is -2.25. The van der Waals surface area contributed by atoms with E-state index in [1.165, 1.54) is 19.1 Å². The fourth-order valence-corrected chi connectivity index (χ4v) is 3.44. The molecule has 152 valence electrons. The van der Waals surface area contributed by atoms with E-state index in [1.54, 1.807) is 11.8 Å². The van der Waals surface area contributed by atoms with E-state index in [4.69, 9.17) is 9.47 Å². The summed E-state index contributed by atoms with van der Waals surface area (Å²) in [5.41, 5.74) is 1.52. The maximum absolute atomic E-state index is 12.9. The van der Waals surface area contributed by atoms with Gasteiger partial charge in [-0.2, -0.15) is 0 Å². The van der Waals surface area contributed by atoms with E-state index < -0.39 is 17.0 Å². The smallest absolute Gasteiger partial charge is 0.339 e. The molecule has 1 aliphatic heterocycles. The van der Waals surface area contributed by atoms with Crippen molar-refractivity contribution in [1.82, 2.24) is 0 Å². The van der Waals surface area contributed by atoms with Crippen LogP contribution in [0.25, 0.3) is 0 Å². The summed E-state index contributed by atoms with van der Waals surface area (Å²) in [5, 5.41) is 11.2. The summed E-state index contributed by atoms with van der Waals surface area (Å²) < 4.78 is 10.5. The molecule has 0 aromatic heterocycles. The van der Waals surface area contributed by atoms with Gasteiger partial charge in [0.2, 0.25) is 0 Å². The first-order valence-electron chi connectivity index (χ1n) is 9.36. The van der Waals surface area contributed by atoms with Crippen LogP contribution in [0.5, 0.6) is 5.75 Å².